The average molecular weight is 532 g/mol. The molecule has 4 rings (SSSR count). The van der Waals surface area contributed by atoms with Gasteiger partial charge in [-0.3, -0.25) is 5.32 Å². The fraction of sp³-hybridized carbons (Fsp3) is 0.308. The van der Waals surface area contributed by atoms with Crippen LogP contribution in [0.5, 0.6) is 0 Å². The van der Waals surface area contributed by atoms with Gasteiger partial charge >= 0.3 is 6.09 Å². The van der Waals surface area contributed by atoms with Crippen molar-refractivity contribution in [2.45, 2.75) is 38.6 Å². The molecule has 8 nitrogen and oxygen atoms in total. The molecule has 1 saturated heterocycles. The normalized spacial score (nSPS) is 21.7. The molecular weight excluding hydrogens is 505 g/mol. The predicted octanol–water partition coefficient (Wildman–Crippen LogP) is 5.91. The summed E-state index contributed by atoms with van der Waals surface area (Å²) in [5.41, 5.74) is 3.14. The number of aromatic nitrogens is 2. The van der Waals surface area contributed by atoms with E-state index in [9.17, 15) is 9.90 Å². The van der Waals surface area contributed by atoms with Gasteiger partial charge in [0.25, 0.3) is 0 Å². The van der Waals surface area contributed by atoms with Gasteiger partial charge in [0.1, 0.15) is 11.8 Å². The van der Waals surface area contributed by atoms with Crippen LogP contribution in [0.1, 0.15) is 36.0 Å². The van der Waals surface area contributed by atoms with Crippen LogP contribution in [0.4, 0.5) is 10.5 Å². The Balaban J connectivity index is 1.57. The van der Waals surface area contributed by atoms with E-state index in [1.807, 2.05) is 36.4 Å². The molecule has 0 saturated carbocycles. The van der Waals surface area contributed by atoms with Gasteiger partial charge in [0.05, 0.1) is 31.7 Å². The first-order chi connectivity index (χ1) is 17.4. The molecule has 0 radical (unpaired) electrons. The van der Waals surface area contributed by atoms with Gasteiger partial charge in [0.15, 0.2) is 11.4 Å². The summed E-state index contributed by atoms with van der Waals surface area (Å²) in [7, 11) is 0. The topological polar surface area (TPSA) is 94.8 Å². The van der Waals surface area contributed by atoms with Crippen molar-refractivity contribution in [3.63, 3.8) is 0 Å². The average Bonchev–Trinajstić information content (AvgIpc) is 3.21. The Labute approximate surface area is 219 Å². The highest BCUT2D eigenvalue weighted by atomic mass is 35.5. The zero-order chi connectivity index (χ0) is 25.7. The number of benzene rings is 2. The van der Waals surface area contributed by atoms with E-state index >= 15 is 0 Å². The van der Waals surface area contributed by atoms with Crippen LogP contribution in [-0.4, -0.2) is 33.5 Å². The van der Waals surface area contributed by atoms with Gasteiger partial charge < -0.3 is 23.9 Å². The van der Waals surface area contributed by atoms with E-state index in [-0.39, 0.29) is 36.5 Å². The van der Waals surface area contributed by atoms with Crippen LogP contribution in [0.2, 0.25) is 10.3 Å². The lowest BCUT2D eigenvalue weighted by molar-refractivity contribution is -0.276. The SMILES string of the molecule is C=CCOC(=O)Nc1ccc([C@@H]2O[C@H](Cn3cnc(Cl)c3Cl)[C@H](C)[C@H](c3ccc(CO)cc3)O2)cc1. The number of aliphatic hydroxyl groups excluding tert-OH is 1. The second-order valence-corrected chi connectivity index (χ2v) is 9.15. The van der Waals surface area contributed by atoms with Crippen molar-refractivity contribution in [1.82, 2.24) is 9.55 Å². The molecule has 1 aromatic heterocycles. The molecular formula is C26H27Cl2N3O5. The number of halogens is 2. The first-order valence-electron chi connectivity index (χ1n) is 11.4. The smallest absolute Gasteiger partial charge is 0.411 e. The number of nitrogens with zero attached hydrogens (tertiary/aromatic N) is 2. The molecule has 0 aliphatic carbocycles. The minimum Gasteiger partial charge on any atom is -0.445 e. The van der Waals surface area contributed by atoms with Crippen LogP contribution in [0.25, 0.3) is 0 Å². The number of nitrogens with one attached hydrogen (secondary N) is 1. The fourth-order valence-electron chi connectivity index (χ4n) is 4.00. The molecule has 2 heterocycles. The van der Waals surface area contributed by atoms with Crippen molar-refractivity contribution in [2.75, 3.05) is 11.9 Å². The second kappa shape index (κ2) is 11.9. The van der Waals surface area contributed by atoms with E-state index in [0.717, 1.165) is 16.7 Å². The summed E-state index contributed by atoms with van der Waals surface area (Å²) in [5, 5.41) is 12.7. The highest BCUT2D eigenvalue weighted by Crippen LogP contribution is 2.42. The van der Waals surface area contributed by atoms with E-state index in [4.69, 9.17) is 37.4 Å². The molecule has 36 heavy (non-hydrogen) atoms. The van der Waals surface area contributed by atoms with Crippen LogP contribution >= 0.6 is 23.2 Å². The van der Waals surface area contributed by atoms with E-state index in [1.54, 1.807) is 23.0 Å². The molecule has 1 fully saturated rings. The number of amides is 1. The van der Waals surface area contributed by atoms with Gasteiger partial charge in [-0.15, -0.1) is 0 Å². The molecule has 1 amide bonds. The molecule has 0 bridgehead atoms. The first kappa shape index (κ1) is 26.2. The Morgan fingerprint density at radius 3 is 2.47 bits per heavy atom. The van der Waals surface area contributed by atoms with Crippen LogP contribution in [0, 0.1) is 5.92 Å². The Morgan fingerprint density at radius 1 is 1.17 bits per heavy atom. The van der Waals surface area contributed by atoms with E-state index in [0.29, 0.717) is 17.4 Å². The third-order valence-electron chi connectivity index (χ3n) is 5.99. The quantitative estimate of drug-likeness (QED) is 0.351. The molecule has 190 valence electrons. The molecule has 2 aromatic carbocycles. The van der Waals surface area contributed by atoms with E-state index in [2.05, 4.69) is 23.8 Å². The number of rotatable bonds is 8. The minimum atomic E-state index is -0.673. The molecule has 1 aliphatic rings. The lowest BCUT2D eigenvalue weighted by Crippen LogP contribution is -2.39. The summed E-state index contributed by atoms with van der Waals surface area (Å²) >= 11 is 12.4. The van der Waals surface area contributed by atoms with Gasteiger partial charge in [-0.1, -0.05) is 79.2 Å². The number of carbonyl (C=O) groups excluding carboxylic acids is 1. The minimum absolute atomic E-state index is 0.0306. The Kier molecular flexibility index (Phi) is 8.66. The van der Waals surface area contributed by atoms with Crippen molar-refractivity contribution in [1.29, 1.82) is 0 Å². The summed E-state index contributed by atoms with van der Waals surface area (Å²) in [6, 6.07) is 14.8. The maximum absolute atomic E-state index is 11.8. The number of ether oxygens (including phenoxy) is 3. The van der Waals surface area contributed by atoms with Crippen LogP contribution in [0.15, 0.2) is 67.5 Å². The maximum atomic E-state index is 11.8. The van der Waals surface area contributed by atoms with Crippen LogP contribution in [-0.2, 0) is 27.4 Å². The summed E-state index contributed by atoms with van der Waals surface area (Å²) < 4.78 is 19.5. The Morgan fingerprint density at radius 2 is 1.86 bits per heavy atom. The summed E-state index contributed by atoms with van der Waals surface area (Å²) in [5.74, 6) is -0.0426. The first-order valence-corrected chi connectivity index (χ1v) is 12.2. The largest absolute Gasteiger partial charge is 0.445 e. The van der Waals surface area contributed by atoms with Gasteiger partial charge in [-0.25, -0.2) is 9.78 Å². The summed E-state index contributed by atoms with van der Waals surface area (Å²) in [4.78, 5) is 15.9. The predicted molar refractivity (Wildman–Crippen MR) is 137 cm³/mol. The van der Waals surface area contributed by atoms with Crippen LogP contribution < -0.4 is 5.32 Å². The Bertz CT molecular complexity index is 1180. The number of imidazole rings is 1. The fourth-order valence-corrected chi connectivity index (χ4v) is 4.32. The lowest BCUT2D eigenvalue weighted by atomic mass is 9.90. The molecule has 10 heteroatoms. The van der Waals surface area contributed by atoms with Crippen molar-refractivity contribution in [2.24, 2.45) is 5.92 Å². The highest BCUT2D eigenvalue weighted by molar-refractivity contribution is 6.40. The van der Waals surface area contributed by atoms with E-state index < -0.39 is 12.4 Å². The number of carbonyl (C=O) groups is 1. The summed E-state index contributed by atoms with van der Waals surface area (Å²) in [6.45, 7) is 6.10. The maximum Gasteiger partial charge on any atom is 0.411 e. The third-order valence-corrected chi connectivity index (χ3v) is 6.76. The molecule has 1 aliphatic heterocycles. The van der Waals surface area contributed by atoms with Crippen molar-refractivity contribution < 1.29 is 24.1 Å². The van der Waals surface area contributed by atoms with Crippen molar-refractivity contribution in [3.05, 3.63) is 94.5 Å². The third kappa shape index (κ3) is 6.08. The van der Waals surface area contributed by atoms with E-state index in [1.165, 1.54) is 6.08 Å². The lowest BCUT2D eigenvalue weighted by Gasteiger charge is -2.41. The summed E-state index contributed by atoms with van der Waals surface area (Å²) in [6.07, 6.45) is 1.28. The molecule has 3 aromatic rings. The number of hydrogen-bond acceptors (Lipinski definition) is 6. The van der Waals surface area contributed by atoms with Gasteiger partial charge in [-0.2, -0.15) is 0 Å². The van der Waals surface area contributed by atoms with Crippen molar-refractivity contribution in [3.8, 4) is 0 Å². The van der Waals surface area contributed by atoms with Gasteiger partial charge in [0, 0.05) is 17.2 Å². The molecule has 0 spiro atoms. The standard InChI is InChI=1S/C26H27Cl2N3O5/c1-3-12-34-26(33)30-20-10-8-19(9-11-20)25-35-21(13-31-15-29-23(27)24(31)28)16(2)22(36-25)18-6-4-17(14-32)5-7-18/h3-11,15-16,21-22,25,32H,1,12-14H2,2H3,(H,30,33)/t16-,21+,22+,25+/m0/s1. The van der Waals surface area contributed by atoms with Crippen molar-refractivity contribution >= 4 is 35.0 Å². The number of hydrogen-bond donors (Lipinski definition) is 2. The molecule has 0 unspecified atom stereocenters. The zero-order valence-electron chi connectivity index (χ0n) is 19.6. The second-order valence-electron chi connectivity index (χ2n) is 8.43. The number of aliphatic hydroxyl groups is 1. The molecule has 4 atom stereocenters. The highest BCUT2D eigenvalue weighted by Gasteiger charge is 2.38. The van der Waals surface area contributed by atoms with Crippen LogP contribution in [0.3, 0.4) is 0 Å². The Hall–Kier alpha value is -2.88. The monoisotopic (exact) mass is 531 g/mol. The molecule has 2 N–H and O–H groups in total. The van der Waals surface area contributed by atoms with Gasteiger partial charge in [-0.05, 0) is 23.3 Å². The zero-order valence-corrected chi connectivity index (χ0v) is 21.2. The van der Waals surface area contributed by atoms with Gasteiger partial charge in [0.2, 0.25) is 0 Å². The number of anilines is 1.